The van der Waals surface area contributed by atoms with Crippen LogP contribution in [0.5, 0.6) is 0 Å². The predicted octanol–water partition coefficient (Wildman–Crippen LogP) is 13.0. The highest BCUT2D eigenvalue weighted by Gasteiger charge is 2.12. The second-order valence-electron chi connectivity index (χ2n) is 13.7. The molecule has 0 aromatic carbocycles. The molecule has 54 heavy (non-hydrogen) atoms. The lowest BCUT2D eigenvalue weighted by Crippen LogP contribution is -2.17. The monoisotopic (exact) mass is 745 g/mol. The molecular formula is C48H72O6. The molecular weight excluding hydrogens is 673 g/mol. The van der Waals surface area contributed by atoms with Crippen LogP contribution in [0.4, 0.5) is 0 Å². The zero-order valence-corrected chi connectivity index (χ0v) is 33.9. The molecule has 3 unspecified atom stereocenters. The van der Waals surface area contributed by atoms with Crippen LogP contribution in [0.25, 0.3) is 0 Å². The summed E-state index contributed by atoms with van der Waals surface area (Å²) < 4.78 is 16.3. The maximum Gasteiger partial charge on any atom is 0.306 e. The van der Waals surface area contributed by atoms with Crippen LogP contribution >= 0.6 is 0 Å². The molecule has 6 heteroatoms. The summed E-state index contributed by atoms with van der Waals surface area (Å²) in [6.45, 7) is 6.16. The number of hydrogen-bond acceptors (Lipinski definition) is 6. The fourth-order valence-electron chi connectivity index (χ4n) is 5.60. The average Bonchev–Trinajstić information content (AvgIpc) is 3.16. The Morgan fingerprint density at radius 3 is 1.31 bits per heavy atom. The van der Waals surface area contributed by atoms with Gasteiger partial charge in [-0.15, -0.1) is 0 Å². The molecule has 0 amide bonds. The van der Waals surface area contributed by atoms with E-state index >= 15 is 0 Å². The molecule has 300 valence electrons. The van der Waals surface area contributed by atoms with Gasteiger partial charge in [0.25, 0.3) is 0 Å². The number of carbonyl (C=O) groups excluding carboxylic acids is 3. The van der Waals surface area contributed by atoms with Crippen LogP contribution in [0.15, 0.2) is 109 Å². The summed E-state index contributed by atoms with van der Waals surface area (Å²) in [5.41, 5.74) is 0. The highest BCUT2D eigenvalue weighted by Crippen LogP contribution is 2.13. The third kappa shape index (κ3) is 31.6. The highest BCUT2D eigenvalue weighted by molar-refractivity contribution is 5.70. The van der Waals surface area contributed by atoms with Crippen molar-refractivity contribution in [1.82, 2.24) is 0 Å². The Balaban J connectivity index is 0.000000405. The Morgan fingerprint density at radius 1 is 0.463 bits per heavy atom. The van der Waals surface area contributed by atoms with Crippen LogP contribution in [-0.4, -0.2) is 36.2 Å². The van der Waals surface area contributed by atoms with Gasteiger partial charge in [0.1, 0.15) is 12.2 Å². The Hall–Kier alpha value is -3.93. The van der Waals surface area contributed by atoms with Crippen LogP contribution in [0.1, 0.15) is 156 Å². The number of hydrogen-bond donors (Lipinski definition) is 0. The molecule has 0 aliphatic carbocycles. The molecule has 3 aliphatic rings. The maximum absolute atomic E-state index is 11.6. The molecule has 0 N–H and O–H groups in total. The Bertz CT molecular complexity index is 1240. The van der Waals surface area contributed by atoms with E-state index in [0.29, 0.717) is 19.3 Å². The van der Waals surface area contributed by atoms with Crippen molar-refractivity contribution in [2.24, 2.45) is 0 Å². The normalized spacial score (nSPS) is 28.5. The van der Waals surface area contributed by atoms with Crippen LogP contribution in [0, 0.1) is 0 Å². The average molecular weight is 745 g/mol. The van der Waals surface area contributed by atoms with E-state index in [1.54, 1.807) is 0 Å². The van der Waals surface area contributed by atoms with E-state index in [1.165, 1.54) is 0 Å². The van der Waals surface area contributed by atoms with Crippen LogP contribution in [0.2, 0.25) is 0 Å². The van der Waals surface area contributed by atoms with Gasteiger partial charge in [0.2, 0.25) is 0 Å². The number of ether oxygens (including phenoxy) is 3. The van der Waals surface area contributed by atoms with Crippen molar-refractivity contribution in [3.05, 3.63) is 109 Å². The topological polar surface area (TPSA) is 78.9 Å². The number of cyclic esters (lactones) is 3. The van der Waals surface area contributed by atoms with Crippen LogP contribution in [-0.2, 0) is 28.6 Å². The standard InChI is InChI=1S/3C16H24O2/c1-15-13-11-9-7-5-3-2-4-6-8-10-12-14-16(17)18-15;1-2-15-13-11-9-7-5-3-4-6-8-10-12-14-16(17)18-15;1-2-12-15-13-10-8-6-4-3-5-7-9-11-14-16(17)18-15/h2,4-5,7-8,10,15H,3,6,9,11-14H2,1H3;2*3-4,7-10,15H,2,5-6,11-14H2,1H3/b4-2+,7-5+,10-8+;2*4-3+,9-7+,10-8+. The lowest BCUT2D eigenvalue weighted by atomic mass is 10.1. The van der Waals surface area contributed by atoms with Crippen molar-refractivity contribution in [3.8, 4) is 0 Å². The molecule has 6 nitrogen and oxygen atoms in total. The van der Waals surface area contributed by atoms with Gasteiger partial charge in [-0.1, -0.05) is 130 Å². The van der Waals surface area contributed by atoms with Crippen molar-refractivity contribution in [3.63, 3.8) is 0 Å². The predicted molar refractivity (Wildman–Crippen MR) is 226 cm³/mol. The molecule has 0 aromatic rings. The fourth-order valence-corrected chi connectivity index (χ4v) is 5.60. The number of esters is 3. The van der Waals surface area contributed by atoms with Crippen LogP contribution in [0.3, 0.4) is 0 Å². The summed E-state index contributed by atoms with van der Waals surface area (Å²) in [5.74, 6) is -0.217. The Labute approximate surface area is 329 Å². The summed E-state index contributed by atoms with van der Waals surface area (Å²) in [4.78, 5) is 34.7. The molecule has 0 saturated heterocycles. The zero-order valence-electron chi connectivity index (χ0n) is 33.9. The third-order valence-electron chi connectivity index (χ3n) is 8.71. The lowest BCUT2D eigenvalue weighted by molar-refractivity contribution is -0.150. The molecule has 3 rings (SSSR count). The van der Waals surface area contributed by atoms with Gasteiger partial charge in [-0.3, -0.25) is 14.4 Å². The van der Waals surface area contributed by atoms with Gasteiger partial charge < -0.3 is 14.2 Å². The van der Waals surface area contributed by atoms with E-state index in [2.05, 4.69) is 123 Å². The summed E-state index contributed by atoms with van der Waals surface area (Å²) >= 11 is 0. The minimum absolute atomic E-state index is 0.0441. The van der Waals surface area contributed by atoms with E-state index in [4.69, 9.17) is 14.2 Å². The molecule has 3 aliphatic heterocycles. The minimum atomic E-state index is -0.0784. The van der Waals surface area contributed by atoms with Crippen LogP contribution < -0.4 is 0 Å². The summed E-state index contributed by atoms with van der Waals surface area (Å²) in [6, 6.07) is 0. The van der Waals surface area contributed by atoms with E-state index < -0.39 is 0 Å². The van der Waals surface area contributed by atoms with E-state index in [1.807, 2.05) is 6.92 Å². The Kier molecular flexibility index (Phi) is 32.1. The maximum atomic E-state index is 11.6. The van der Waals surface area contributed by atoms with Gasteiger partial charge in [-0.2, -0.15) is 0 Å². The quantitative estimate of drug-likeness (QED) is 0.163. The first-order chi connectivity index (χ1) is 26.4. The first kappa shape index (κ1) is 48.1. The lowest BCUT2D eigenvalue weighted by Gasteiger charge is -2.15. The van der Waals surface area contributed by atoms with Gasteiger partial charge in [-0.05, 0) is 110 Å². The molecule has 0 saturated carbocycles. The van der Waals surface area contributed by atoms with Crippen molar-refractivity contribution >= 4 is 17.9 Å². The highest BCUT2D eigenvalue weighted by atomic mass is 16.5. The zero-order chi connectivity index (χ0) is 39.2. The van der Waals surface area contributed by atoms with E-state index in [0.717, 1.165) is 116 Å². The molecule has 3 atom stereocenters. The smallest absolute Gasteiger partial charge is 0.306 e. The van der Waals surface area contributed by atoms with E-state index in [-0.39, 0.29) is 36.2 Å². The second kappa shape index (κ2) is 36.1. The van der Waals surface area contributed by atoms with Gasteiger partial charge in [-0.25, -0.2) is 0 Å². The minimum Gasteiger partial charge on any atom is -0.463 e. The molecule has 0 bridgehead atoms. The van der Waals surface area contributed by atoms with Crippen molar-refractivity contribution in [2.45, 2.75) is 174 Å². The molecule has 0 spiro atoms. The van der Waals surface area contributed by atoms with Gasteiger partial charge >= 0.3 is 17.9 Å². The number of allylic oxidation sites excluding steroid dienone is 17. The largest absolute Gasteiger partial charge is 0.463 e. The van der Waals surface area contributed by atoms with Gasteiger partial charge in [0.15, 0.2) is 0 Å². The molecule has 0 fully saturated rings. The van der Waals surface area contributed by atoms with Crippen molar-refractivity contribution < 1.29 is 28.6 Å². The molecule has 0 aromatic heterocycles. The summed E-state index contributed by atoms with van der Waals surface area (Å²) in [6.07, 6.45) is 57.0. The van der Waals surface area contributed by atoms with Crippen molar-refractivity contribution in [2.75, 3.05) is 0 Å². The third-order valence-corrected chi connectivity index (χ3v) is 8.71. The Morgan fingerprint density at radius 2 is 0.852 bits per heavy atom. The second-order valence-corrected chi connectivity index (χ2v) is 13.7. The number of carbonyl (C=O) groups is 3. The van der Waals surface area contributed by atoms with Gasteiger partial charge in [0.05, 0.1) is 6.10 Å². The summed E-state index contributed by atoms with van der Waals surface area (Å²) in [7, 11) is 0. The summed E-state index contributed by atoms with van der Waals surface area (Å²) in [5, 5.41) is 0. The fraction of sp³-hybridized carbons (Fsp3) is 0.562. The number of rotatable bonds is 3. The SMILES string of the molecule is CC1CCC/C=C/C/C=C/C/C=C/CCC(=O)O1.CCC1CC/C=C/C/C=C/C/C=C/CCC(=O)O1.CCCC1C/C=C/C/C=C/C/C=C/CCC(=O)O1. The van der Waals surface area contributed by atoms with E-state index in [9.17, 15) is 14.4 Å². The molecule has 3 heterocycles. The molecule has 0 radical (unpaired) electrons. The van der Waals surface area contributed by atoms with Crippen molar-refractivity contribution in [1.29, 1.82) is 0 Å². The van der Waals surface area contributed by atoms with Gasteiger partial charge in [0, 0.05) is 25.7 Å². The first-order valence-electron chi connectivity index (χ1n) is 20.9. The first-order valence-corrected chi connectivity index (χ1v) is 20.9.